The highest BCUT2D eigenvalue weighted by molar-refractivity contribution is 5.85. The van der Waals surface area contributed by atoms with Gasteiger partial charge in [-0.3, -0.25) is 4.79 Å². The molecule has 2 N–H and O–H groups in total. The van der Waals surface area contributed by atoms with Crippen LogP contribution >= 0.6 is 12.4 Å². The summed E-state index contributed by atoms with van der Waals surface area (Å²) < 4.78 is 16.1. The van der Waals surface area contributed by atoms with Crippen LogP contribution in [0.3, 0.4) is 0 Å². The van der Waals surface area contributed by atoms with Crippen molar-refractivity contribution in [2.24, 2.45) is 0 Å². The second kappa shape index (κ2) is 9.60. The number of hydrogen-bond donors (Lipinski definition) is 2. The van der Waals surface area contributed by atoms with Crippen LogP contribution in [-0.2, 0) is 9.53 Å². The molecular formula is C16H25ClN2O4. The van der Waals surface area contributed by atoms with Crippen molar-refractivity contribution in [2.75, 3.05) is 33.9 Å². The lowest BCUT2D eigenvalue weighted by atomic mass is 10.1. The number of halogens is 1. The average Bonchev–Trinajstić information content (AvgIpc) is 2.54. The van der Waals surface area contributed by atoms with Gasteiger partial charge in [0.05, 0.1) is 39.4 Å². The standard InChI is InChI=1S/C16H24N2O4.ClH/c1-11(14-8-12(20-2)4-5-15(14)21-3)18-16(19)9-13-10-17-6-7-22-13;/h4-5,8,11,13,17H,6-7,9-10H2,1-3H3,(H,18,19);1H. The molecule has 1 saturated heterocycles. The van der Waals surface area contributed by atoms with Crippen LogP contribution < -0.4 is 20.1 Å². The van der Waals surface area contributed by atoms with Gasteiger partial charge >= 0.3 is 0 Å². The van der Waals surface area contributed by atoms with Crippen molar-refractivity contribution in [1.29, 1.82) is 0 Å². The Morgan fingerprint density at radius 2 is 2.22 bits per heavy atom. The number of nitrogens with one attached hydrogen (secondary N) is 2. The number of carbonyl (C=O) groups excluding carboxylic acids is 1. The molecule has 0 aromatic heterocycles. The largest absolute Gasteiger partial charge is 0.497 e. The molecule has 1 aliphatic heterocycles. The summed E-state index contributed by atoms with van der Waals surface area (Å²) in [6.45, 7) is 4.13. The summed E-state index contributed by atoms with van der Waals surface area (Å²) in [5, 5.41) is 6.20. The van der Waals surface area contributed by atoms with Gasteiger partial charge in [0.2, 0.25) is 5.91 Å². The maximum atomic E-state index is 12.2. The Morgan fingerprint density at radius 3 is 2.83 bits per heavy atom. The van der Waals surface area contributed by atoms with E-state index >= 15 is 0 Å². The van der Waals surface area contributed by atoms with E-state index in [0.29, 0.717) is 19.6 Å². The van der Waals surface area contributed by atoms with E-state index in [1.54, 1.807) is 14.2 Å². The van der Waals surface area contributed by atoms with Gasteiger partial charge < -0.3 is 24.8 Å². The minimum Gasteiger partial charge on any atom is -0.497 e. The van der Waals surface area contributed by atoms with Crippen LogP contribution in [-0.4, -0.2) is 45.9 Å². The monoisotopic (exact) mass is 344 g/mol. The van der Waals surface area contributed by atoms with Gasteiger partial charge in [0.15, 0.2) is 0 Å². The molecule has 23 heavy (non-hydrogen) atoms. The van der Waals surface area contributed by atoms with Gasteiger partial charge in [-0.1, -0.05) is 0 Å². The van der Waals surface area contributed by atoms with Crippen LogP contribution in [0.25, 0.3) is 0 Å². The van der Waals surface area contributed by atoms with E-state index in [9.17, 15) is 4.79 Å². The van der Waals surface area contributed by atoms with Gasteiger partial charge in [0, 0.05) is 18.7 Å². The van der Waals surface area contributed by atoms with E-state index in [-0.39, 0.29) is 30.5 Å². The first kappa shape index (κ1) is 19.5. The summed E-state index contributed by atoms with van der Waals surface area (Å²) in [6, 6.07) is 5.38. The summed E-state index contributed by atoms with van der Waals surface area (Å²) >= 11 is 0. The third-order valence-electron chi connectivity index (χ3n) is 3.70. The molecule has 130 valence electrons. The Morgan fingerprint density at radius 1 is 1.43 bits per heavy atom. The lowest BCUT2D eigenvalue weighted by Gasteiger charge is -2.24. The normalized spacial score (nSPS) is 18.5. The number of carbonyl (C=O) groups is 1. The molecule has 1 aromatic carbocycles. The lowest BCUT2D eigenvalue weighted by molar-refractivity contribution is -0.125. The Bertz CT molecular complexity index is 507. The van der Waals surface area contributed by atoms with E-state index in [1.165, 1.54) is 0 Å². The first-order chi connectivity index (χ1) is 10.6. The first-order valence-electron chi connectivity index (χ1n) is 7.47. The summed E-state index contributed by atoms with van der Waals surface area (Å²) in [7, 11) is 3.23. The molecule has 0 bridgehead atoms. The van der Waals surface area contributed by atoms with Crippen molar-refractivity contribution in [3.63, 3.8) is 0 Å². The second-order valence-electron chi connectivity index (χ2n) is 5.30. The van der Waals surface area contributed by atoms with Crippen LogP contribution in [0.15, 0.2) is 18.2 Å². The Kier molecular flexibility index (Phi) is 8.16. The minimum atomic E-state index is -0.172. The van der Waals surface area contributed by atoms with Crippen LogP contribution in [0.1, 0.15) is 24.9 Å². The van der Waals surface area contributed by atoms with E-state index in [1.807, 2.05) is 25.1 Å². The molecule has 1 fully saturated rings. The minimum absolute atomic E-state index is 0. The van der Waals surface area contributed by atoms with E-state index in [2.05, 4.69) is 10.6 Å². The SMILES string of the molecule is COc1ccc(OC)c(C(C)NC(=O)CC2CNCCO2)c1.Cl. The Balaban J connectivity index is 0.00000264. The second-order valence-corrected chi connectivity index (χ2v) is 5.30. The molecule has 2 atom stereocenters. The average molecular weight is 345 g/mol. The van der Waals surface area contributed by atoms with Gasteiger partial charge in [-0.2, -0.15) is 0 Å². The number of amides is 1. The van der Waals surface area contributed by atoms with Gasteiger partial charge in [0.25, 0.3) is 0 Å². The Labute approximate surface area is 143 Å². The molecule has 1 aromatic rings. The Hall–Kier alpha value is -1.50. The molecule has 0 aliphatic carbocycles. The zero-order chi connectivity index (χ0) is 15.9. The van der Waals surface area contributed by atoms with Gasteiger partial charge in [0.1, 0.15) is 11.5 Å². The zero-order valence-corrected chi connectivity index (χ0v) is 14.6. The predicted octanol–water partition coefficient (Wildman–Crippen LogP) is 1.68. The highest BCUT2D eigenvalue weighted by Crippen LogP contribution is 2.29. The molecule has 1 aliphatic rings. The van der Waals surface area contributed by atoms with Crippen LogP contribution in [0.4, 0.5) is 0 Å². The maximum Gasteiger partial charge on any atom is 0.223 e. The fraction of sp³-hybridized carbons (Fsp3) is 0.562. The molecule has 6 nitrogen and oxygen atoms in total. The summed E-state index contributed by atoms with van der Waals surface area (Å²) in [5.74, 6) is 1.42. The number of methoxy groups -OCH3 is 2. The maximum absolute atomic E-state index is 12.2. The van der Waals surface area contributed by atoms with E-state index in [4.69, 9.17) is 14.2 Å². The van der Waals surface area contributed by atoms with Gasteiger partial charge in [-0.15, -0.1) is 12.4 Å². The number of hydrogen-bond acceptors (Lipinski definition) is 5. The van der Waals surface area contributed by atoms with Crippen molar-refractivity contribution < 1.29 is 19.0 Å². The first-order valence-corrected chi connectivity index (χ1v) is 7.47. The number of benzene rings is 1. The lowest BCUT2D eigenvalue weighted by Crippen LogP contribution is -2.41. The molecule has 2 unspecified atom stereocenters. The predicted molar refractivity (Wildman–Crippen MR) is 90.6 cm³/mol. The molecule has 0 radical (unpaired) electrons. The topological polar surface area (TPSA) is 68.8 Å². The number of morpholine rings is 1. The quantitative estimate of drug-likeness (QED) is 0.821. The smallest absolute Gasteiger partial charge is 0.223 e. The number of ether oxygens (including phenoxy) is 3. The fourth-order valence-electron chi connectivity index (χ4n) is 2.51. The number of rotatable bonds is 6. The third kappa shape index (κ3) is 5.57. The van der Waals surface area contributed by atoms with Crippen LogP contribution in [0.2, 0.25) is 0 Å². The molecule has 7 heteroatoms. The van der Waals surface area contributed by atoms with Crippen molar-refractivity contribution in [2.45, 2.75) is 25.5 Å². The van der Waals surface area contributed by atoms with Crippen molar-refractivity contribution in [1.82, 2.24) is 10.6 Å². The van der Waals surface area contributed by atoms with Crippen LogP contribution in [0.5, 0.6) is 11.5 Å². The molecule has 1 heterocycles. The molecule has 0 spiro atoms. The van der Waals surface area contributed by atoms with E-state index in [0.717, 1.165) is 23.6 Å². The van der Waals surface area contributed by atoms with Crippen molar-refractivity contribution >= 4 is 18.3 Å². The summed E-state index contributed by atoms with van der Waals surface area (Å²) in [6.07, 6.45) is 0.289. The molecule has 0 saturated carbocycles. The molecular weight excluding hydrogens is 320 g/mol. The van der Waals surface area contributed by atoms with Crippen molar-refractivity contribution in [3.8, 4) is 11.5 Å². The summed E-state index contributed by atoms with van der Waals surface area (Å²) in [4.78, 5) is 12.2. The third-order valence-corrected chi connectivity index (χ3v) is 3.70. The summed E-state index contributed by atoms with van der Waals surface area (Å²) in [5.41, 5.74) is 0.887. The van der Waals surface area contributed by atoms with E-state index < -0.39 is 0 Å². The van der Waals surface area contributed by atoms with Gasteiger partial charge in [-0.25, -0.2) is 0 Å². The highest BCUT2D eigenvalue weighted by Gasteiger charge is 2.20. The van der Waals surface area contributed by atoms with Gasteiger partial charge in [-0.05, 0) is 25.1 Å². The molecule has 1 amide bonds. The van der Waals surface area contributed by atoms with Crippen LogP contribution in [0, 0.1) is 0 Å². The fourth-order valence-corrected chi connectivity index (χ4v) is 2.51. The zero-order valence-electron chi connectivity index (χ0n) is 13.8. The molecule has 2 rings (SSSR count). The highest BCUT2D eigenvalue weighted by atomic mass is 35.5. The van der Waals surface area contributed by atoms with Crippen molar-refractivity contribution in [3.05, 3.63) is 23.8 Å².